The first kappa shape index (κ1) is 85.6. The average Bonchev–Trinajstić information content (AvgIpc) is 3.02. The number of nitrogens with zero attached hydrogens (tertiary/aromatic N) is 6. The second-order valence-electron chi connectivity index (χ2n) is 11.7. The van der Waals surface area contributed by atoms with Gasteiger partial charge < -0.3 is 137 Å². The Morgan fingerprint density at radius 2 is 0.254 bits per heavy atom. The number of hydrogen-bond acceptors (Lipinski definition) is 33. The van der Waals surface area contributed by atoms with Crippen LogP contribution in [-0.2, 0) is 126 Å². The molecule has 0 aromatic rings. The molecular weight excluding hydrogens is 1090 g/mol. The second-order valence-corrected chi connectivity index (χ2v) is 11.7. The Balaban J connectivity index is -0.0000000864. The molecule has 0 aromatic carbocycles. The molecule has 0 bridgehead atoms. The van der Waals surface area contributed by atoms with Crippen molar-refractivity contribution in [3.8, 4) is 0 Å². The van der Waals surface area contributed by atoms with E-state index in [2.05, 4.69) is 0 Å². The van der Waals surface area contributed by atoms with Crippen molar-refractivity contribution in [1.29, 1.82) is 0 Å². The molecule has 0 fully saturated rings. The average molecular weight is 1140 g/mol. The normalized spacial score (nSPS) is 9.58. The van der Waals surface area contributed by atoms with E-state index >= 15 is 0 Å². The van der Waals surface area contributed by atoms with Gasteiger partial charge in [0.2, 0.25) is 0 Å². The van der Waals surface area contributed by atoms with Crippen molar-refractivity contribution >= 4 is 71.6 Å². The first-order chi connectivity index (χ1) is 27.6. The Hall–Kier alpha value is -4.64. The van der Waals surface area contributed by atoms with Crippen molar-refractivity contribution in [3.05, 3.63) is 0 Å². The zero-order valence-electron chi connectivity index (χ0n) is 34.7. The molecule has 0 heterocycles. The standard InChI is InChI=1S/3C10H16N2O8.4Fe.3H3N/c3*13-7(14)3-11(4-8(15)16)1-2-12(5-9(17)18)6-10(19)20;;;;;;;/h3*1-6H2,(H,13,14)(H,15,16)(H,17,18)(H,19,20);;;;;3*1H3/q;;;4*+3;;;/p-12. The van der Waals surface area contributed by atoms with Gasteiger partial charge in [-0.15, -0.1) is 0 Å². The summed E-state index contributed by atoms with van der Waals surface area (Å²) in [5.41, 5.74) is 0. The minimum atomic E-state index is -1.53. The molecule has 33 nitrogen and oxygen atoms in total. The van der Waals surface area contributed by atoms with Gasteiger partial charge in [-0.25, -0.2) is 0 Å². The van der Waals surface area contributed by atoms with E-state index in [4.69, 9.17) is 0 Å². The maximum atomic E-state index is 10.4. The molecule has 0 aliphatic carbocycles. The van der Waals surface area contributed by atoms with Gasteiger partial charge in [-0.3, -0.25) is 29.4 Å². The number of carboxylic acid groups (broad SMARTS) is 12. The predicted octanol–water partition coefficient (Wildman–Crippen LogP) is -21.8. The molecular formula is C30H45Fe4N9O24. The molecule has 4 radical (unpaired) electrons. The second kappa shape index (κ2) is 49.3. The summed E-state index contributed by atoms with van der Waals surface area (Å²) in [4.78, 5) is 130. The van der Waals surface area contributed by atoms with E-state index in [1.165, 1.54) is 0 Å². The van der Waals surface area contributed by atoms with Crippen LogP contribution in [0.5, 0.6) is 0 Å². The van der Waals surface area contributed by atoms with E-state index < -0.39 is 150 Å². The van der Waals surface area contributed by atoms with Crippen LogP contribution in [-0.4, -0.2) is 219 Å². The van der Waals surface area contributed by atoms with Gasteiger partial charge in [-0.1, -0.05) is 0 Å². The Bertz CT molecular complexity index is 1150. The fourth-order valence-corrected chi connectivity index (χ4v) is 4.32. The Morgan fingerprint density at radius 1 is 0.194 bits per heavy atom. The van der Waals surface area contributed by atoms with Gasteiger partial charge in [-0.05, 0) is 0 Å². The van der Waals surface area contributed by atoms with Crippen molar-refractivity contribution < 1.29 is 187 Å². The molecule has 67 heavy (non-hydrogen) atoms. The Labute approximate surface area is 422 Å². The quantitative estimate of drug-likeness (QED) is 0.0514. The van der Waals surface area contributed by atoms with Crippen LogP contribution in [0.2, 0.25) is 0 Å². The van der Waals surface area contributed by atoms with Crippen LogP contribution in [0.3, 0.4) is 0 Å². The molecule has 0 rings (SSSR count). The van der Waals surface area contributed by atoms with Crippen LogP contribution in [0.1, 0.15) is 0 Å². The van der Waals surface area contributed by atoms with Gasteiger partial charge in [0.15, 0.2) is 0 Å². The molecule has 0 aliphatic rings. The van der Waals surface area contributed by atoms with Gasteiger partial charge >= 0.3 is 68.3 Å². The van der Waals surface area contributed by atoms with E-state index in [0.29, 0.717) is 0 Å². The summed E-state index contributed by atoms with van der Waals surface area (Å²) in [5.74, 6) is -18.4. The van der Waals surface area contributed by atoms with E-state index in [1.807, 2.05) is 0 Å². The number of hydrogen-bond donors (Lipinski definition) is 3. The van der Waals surface area contributed by atoms with Crippen molar-refractivity contribution in [2.45, 2.75) is 0 Å². The molecule has 0 saturated carbocycles. The molecule has 0 spiro atoms. The monoisotopic (exact) mass is 1140 g/mol. The summed E-state index contributed by atoms with van der Waals surface area (Å²) in [6, 6.07) is 0. The van der Waals surface area contributed by atoms with Gasteiger partial charge in [0.1, 0.15) is 0 Å². The minimum Gasteiger partial charge on any atom is -0.549 e. The summed E-state index contributed by atoms with van der Waals surface area (Å²) in [6.45, 7) is -9.75. The number of aliphatic carboxylic acids is 12. The molecule has 0 atom stereocenters. The topological polar surface area (TPSA) is 606 Å². The number of carbonyl (C=O) groups excluding carboxylic acids is 12. The first-order valence-corrected chi connectivity index (χ1v) is 16.3. The van der Waals surface area contributed by atoms with Crippen LogP contribution < -0.4 is 79.7 Å². The van der Waals surface area contributed by atoms with Gasteiger partial charge in [0, 0.05) is 118 Å². The largest absolute Gasteiger partial charge is 3.00 e. The van der Waals surface area contributed by atoms with Crippen LogP contribution in [0.4, 0.5) is 0 Å². The third kappa shape index (κ3) is 63.5. The maximum Gasteiger partial charge on any atom is 3.00 e. The van der Waals surface area contributed by atoms with E-state index in [0.717, 1.165) is 29.4 Å². The smallest absolute Gasteiger partial charge is 0.549 e. The predicted molar refractivity (Wildman–Crippen MR) is 174 cm³/mol. The Kier molecular flexibility index (Phi) is 63.0. The van der Waals surface area contributed by atoms with Crippen molar-refractivity contribution in [2.75, 3.05) is 118 Å². The number of carbonyl (C=O) groups is 12. The third-order valence-corrected chi connectivity index (χ3v) is 6.43. The number of carboxylic acids is 12. The first-order valence-electron chi connectivity index (χ1n) is 16.3. The van der Waals surface area contributed by atoms with E-state index in [9.17, 15) is 119 Å². The van der Waals surface area contributed by atoms with E-state index in [-0.39, 0.29) is 126 Å². The fraction of sp³-hybridized carbons (Fsp3) is 0.600. The van der Waals surface area contributed by atoms with Crippen LogP contribution >= 0.6 is 0 Å². The SMILES string of the molecule is N.N.N.O=C([O-])CN(CCN(CC(=O)[O-])CC(=O)[O-])CC(=O)[O-].O=C([O-])CN(CCN(CC(=O)[O-])CC(=O)[O-])CC(=O)[O-].O=C([O-])CN(CCN(CC(=O)[O-])CC(=O)[O-])CC(=O)[O-].[Fe+3].[Fe+3].[Fe+3].[Fe+3]. The zero-order chi connectivity index (χ0) is 47.1. The summed E-state index contributed by atoms with van der Waals surface area (Å²) in [7, 11) is 0. The van der Waals surface area contributed by atoms with Crippen LogP contribution in [0.15, 0.2) is 0 Å². The summed E-state index contributed by atoms with van der Waals surface area (Å²) < 4.78 is 0. The molecule has 0 unspecified atom stereocenters. The van der Waals surface area contributed by atoms with Gasteiger partial charge in [0.05, 0.1) is 71.6 Å². The minimum absolute atomic E-state index is 0. The molecule has 37 heteroatoms. The van der Waals surface area contributed by atoms with Crippen molar-refractivity contribution in [1.82, 2.24) is 47.9 Å². The summed E-state index contributed by atoms with van der Waals surface area (Å²) >= 11 is 0. The number of rotatable bonds is 33. The van der Waals surface area contributed by atoms with Gasteiger partial charge in [0.25, 0.3) is 0 Å². The van der Waals surface area contributed by atoms with Crippen LogP contribution in [0, 0.1) is 0 Å². The molecule has 386 valence electrons. The Morgan fingerprint density at radius 3 is 0.299 bits per heavy atom. The summed E-state index contributed by atoms with van der Waals surface area (Å²) in [5, 5.41) is 125. The molecule has 0 saturated heterocycles. The third-order valence-electron chi connectivity index (χ3n) is 6.43. The molecule has 0 amide bonds. The van der Waals surface area contributed by atoms with Crippen molar-refractivity contribution in [3.63, 3.8) is 0 Å². The molecule has 9 N–H and O–H groups in total. The molecule has 0 aromatic heterocycles. The fourth-order valence-electron chi connectivity index (χ4n) is 4.32. The van der Waals surface area contributed by atoms with E-state index in [1.54, 1.807) is 0 Å². The van der Waals surface area contributed by atoms with Crippen LogP contribution in [0.25, 0.3) is 0 Å². The van der Waals surface area contributed by atoms with Gasteiger partial charge in [-0.2, -0.15) is 0 Å². The molecule has 0 aliphatic heterocycles. The van der Waals surface area contributed by atoms with Crippen molar-refractivity contribution in [2.24, 2.45) is 0 Å². The maximum absolute atomic E-state index is 10.4. The zero-order valence-corrected chi connectivity index (χ0v) is 39.2. The summed E-state index contributed by atoms with van der Waals surface area (Å²) in [6.07, 6.45) is 0.